The van der Waals surface area contributed by atoms with Gasteiger partial charge in [-0.05, 0) is 24.7 Å². The quantitative estimate of drug-likeness (QED) is 0.530. The van der Waals surface area contributed by atoms with Crippen molar-refractivity contribution < 1.29 is 14.3 Å². The smallest absolute Gasteiger partial charge is 0.396 e. The van der Waals surface area contributed by atoms with Gasteiger partial charge in [-0.2, -0.15) is 0 Å². The van der Waals surface area contributed by atoms with Gasteiger partial charge < -0.3 is 9.64 Å². The molecule has 4 nitrogen and oxygen atoms in total. The maximum absolute atomic E-state index is 11.8. The molecule has 100 valence electrons. The molecule has 0 aliphatic carbocycles. The highest BCUT2D eigenvalue weighted by Crippen LogP contribution is 2.07. The van der Waals surface area contributed by atoms with E-state index in [1.54, 1.807) is 4.90 Å². The van der Waals surface area contributed by atoms with E-state index in [1.165, 1.54) is 7.11 Å². The first-order valence-electron chi connectivity index (χ1n) is 6.25. The average molecular weight is 243 g/mol. The van der Waals surface area contributed by atoms with Gasteiger partial charge in [-0.25, -0.2) is 4.79 Å². The van der Waals surface area contributed by atoms with Crippen molar-refractivity contribution in [2.75, 3.05) is 20.2 Å². The van der Waals surface area contributed by atoms with Crippen LogP contribution in [0.2, 0.25) is 0 Å². The SMILES string of the molecule is COC(=O)C(=O)N(CCC(C)C)CCC(C)C. The van der Waals surface area contributed by atoms with Gasteiger partial charge in [0.2, 0.25) is 0 Å². The average Bonchev–Trinajstić information content (AvgIpc) is 2.26. The van der Waals surface area contributed by atoms with Crippen LogP contribution in [-0.4, -0.2) is 37.0 Å². The predicted molar refractivity (Wildman–Crippen MR) is 67.5 cm³/mol. The third-order valence-corrected chi connectivity index (χ3v) is 2.60. The van der Waals surface area contributed by atoms with Gasteiger partial charge in [0.05, 0.1) is 7.11 Å². The van der Waals surface area contributed by atoms with Gasteiger partial charge in [0, 0.05) is 13.1 Å². The number of carbonyl (C=O) groups is 2. The summed E-state index contributed by atoms with van der Waals surface area (Å²) < 4.78 is 4.48. The second-order valence-corrected chi connectivity index (χ2v) is 5.15. The lowest BCUT2D eigenvalue weighted by Gasteiger charge is -2.23. The predicted octanol–water partition coefficient (Wildman–Crippen LogP) is 2.08. The molecule has 0 N–H and O–H groups in total. The van der Waals surface area contributed by atoms with Crippen molar-refractivity contribution in [3.63, 3.8) is 0 Å². The molecular formula is C13H25NO3. The first-order chi connectivity index (χ1) is 7.88. The molecule has 0 radical (unpaired) electrons. The largest absolute Gasteiger partial charge is 0.462 e. The maximum Gasteiger partial charge on any atom is 0.396 e. The molecule has 1 amide bonds. The summed E-state index contributed by atoms with van der Waals surface area (Å²) in [5.41, 5.74) is 0. The van der Waals surface area contributed by atoms with Crippen LogP contribution in [0.25, 0.3) is 0 Å². The van der Waals surface area contributed by atoms with E-state index in [2.05, 4.69) is 32.4 Å². The Morgan fingerprint density at radius 2 is 1.41 bits per heavy atom. The lowest BCUT2D eigenvalue weighted by Crippen LogP contribution is -2.39. The Hall–Kier alpha value is -1.06. The van der Waals surface area contributed by atoms with E-state index >= 15 is 0 Å². The summed E-state index contributed by atoms with van der Waals surface area (Å²) in [4.78, 5) is 24.6. The number of hydrogen-bond donors (Lipinski definition) is 0. The van der Waals surface area contributed by atoms with Crippen molar-refractivity contribution in [1.29, 1.82) is 0 Å². The number of rotatable bonds is 6. The molecule has 0 aromatic rings. The van der Waals surface area contributed by atoms with E-state index < -0.39 is 11.9 Å². The molecule has 0 saturated carbocycles. The second-order valence-electron chi connectivity index (χ2n) is 5.15. The fourth-order valence-electron chi connectivity index (χ4n) is 1.36. The van der Waals surface area contributed by atoms with Crippen LogP contribution in [0.4, 0.5) is 0 Å². The fraction of sp³-hybridized carbons (Fsp3) is 0.846. The number of carbonyl (C=O) groups excluding carboxylic acids is 2. The molecule has 0 aromatic heterocycles. The first kappa shape index (κ1) is 15.9. The molecule has 0 aliphatic heterocycles. The first-order valence-corrected chi connectivity index (χ1v) is 6.25. The van der Waals surface area contributed by atoms with Crippen LogP contribution in [0.5, 0.6) is 0 Å². The fourth-order valence-corrected chi connectivity index (χ4v) is 1.36. The van der Waals surface area contributed by atoms with Crippen LogP contribution in [0, 0.1) is 11.8 Å². The number of nitrogens with zero attached hydrogens (tertiary/aromatic N) is 1. The van der Waals surface area contributed by atoms with E-state index in [9.17, 15) is 9.59 Å². The van der Waals surface area contributed by atoms with Gasteiger partial charge in [-0.3, -0.25) is 4.79 Å². The molecule has 0 unspecified atom stereocenters. The van der Waals surface area contributed by atoms with Crippen LogP contribution in [0.1, 0.15) is 40.5 Å². The summed E-state index contributed by atoms with van der Waals surface area (Å²) in [5, 5.41) is 0. The number of amides is 1. The Labute approximate surface area is 104 Å². The number of hydrogen-bond acceptors (Lipinski definition) is 3. The van der Waals surface area contributed by atoms with Crippen LogP contribution in [0.15, 0.2) is 0 Å². The minimum atomic E-state index is -0.766. The lowest BCUT2D eigenvalue weighted by atomic mass is 10.1. The van der Waals surface area contributed by atoms with Crippen LogP contribution in [-0.2, 0) is 14.3 Å². The Kier molecular flexibility index (Phi) is 7.59. The van der Waals surface area contributed by atoms with Crippen LogP contribution in [0.3, 0.4) is 0 Å². The van der Waals surface area contributed by atoms with Crippen LogP contribution < -0.4 is 0 Å². The Morgan fingerprint density at radius 3 is 1.71 bits per heavy atom. The van der Waals surface area contributed by atoms with Crippen molar-refractivity contribution in [2.24, 2.45) is 11.8 Å². The van der Waals surface area contributed by atoms with Crippen molar-refractivity contribution in [2.45, 2.75) is 40.5 Å². The molecule has 0 aromatic carbocycles. The molecule has 0 saturated heterocycles. The Morgan fingerprint density at radius 1 is 1.00 bits per heavy atom. The number of methoxy groups -OCH3 is 1. The highest BCUT2D eigenvalue weighted by molar-refractivity contribution is 6.32. The van der Waals surface area contributed by atoms with Crippen molar-refractivity contribution in [1.82, 2.24) is 4.90 Å². The molecule has 17 heavy (non-hydrogen) atoms. The molecular weight excluding hydrogens is 218 g/mol. The van der Waals surface area contributed by atoms with E-state index in [-0.39, 0.29) is 0 Å². The van der Waals surface area contributed by atoms with Crippen molar-refractivity contribution in [3.8, 4) is 0 Å². The van der Waals surface area contributed by atoms with E-state index in [1.807, 2.05) is 0 Å². The zero-order chi connectivity index (χ0) is 13.4. The molecule has 0 heterocycles. The minimum Gasteiger partial charge on any atom is -0.462 e. The summed E-state index contributed by atoms with van der Waals surface area (Å²) in [6.45, 7) is 9.65. The van der Waals surface area contributed by atoms with Crippen molar-refractivity contribution >= 4 is 11.9 Å². The highest BCUT2D eigenvalue weighted by atomic mass is 16.5. The zero-order valence-corrected chi connectivity index (χ0v) is 11.7. The Bertz CT molecular complexity index is 237. The molecule has 4 heteroatoms. The van der Waals surface area contributed by atoms with Gasteiger partial charge in [-0.15, -0.1) is 0 Å². The van der Waals surface area contributed by atoms with E-state index in [0.717, 1.165) is 12.8 Å². The minimum absolute atomic E-state index is 0.516. The molecule has 0 spiro atoms. The second kappa shape index (κ2) is 8.09. The van der Waals surface area contributed by atoms with Gasteiger partial charge in [-0.1, -0.05) is 27.7 Å². The molecule has 0 rings (SSSR count). The van der Waals surface area contributed by atoms with Gasteiger partial charge in [0.25, 0.3) is 0 Å². The third-order valence-electron chi connectivity index (χ3n) is 2.60. The summed E-state index contributed by atoms with van der Waals surface area (Å²) in [7, 11) is 1.24. The van der Waals surface area contributed by atoms with E-state index in [4.69, 9.17) is 0 Å². The number of esters is 1. The van der Waals surface area contributed by atoms with E-state index in [0.29, 0.717) is 24.9 Å². The maximum atomic E-state index is 11.8. The zero-order valence-electron chi connectivity index (χ0n) is 11.7. The summed E-state index contributed by atoms with van der Waals surface area (Å²) >= 11 is 0. The van der Waals surface area contributed by atoms with Crippen molar-refractivity contribution in [3.05, 3.63) is 0 Å². The lowest BCUT2D eigenvalue weighted by molar-refractivity contribution is -0.158. The van der Waals surface area contributed by atoms with Gasteiger partial charge in [0.15, 0.2) is 0 Å². The number of ether oxygens (including phenoxy) is 1. The third kappa shape index (κ3) is 6.97. The van der Waals surface area contributed by atoms with Crippen LogP contribution >= 0.6 is 0 Å². The highest BCUT2D eigenvalue weighted by Gasteiger charge is 2.22. The molecule has 0 aliphatic rings. The monoisotopic (exact) mass is 243 g/mol. The standard InChI is InChI=1S/C13H25NO3/c1-10(2)6-8-14(9-7-11(3)4)12(15)13(16)17-5/h10-11H,6-9H2,1-5H3. The molecule has 0 fully saturated rings. The summed E-state index contributed by atoms with van der Waals surface area (Å²) in [5.74, 6) is -0.254. The van der Waals surface area contributed by atoms with Gasteiger partial charge in [0.1, 0.15) is 0 Å². The molecule has 0 atom stereocenters. The normalized spacial score (nSPS) is 10.8. The van der Waals surface area contributed by atoms with Gasteiger partial charge >= 0.3 is 11.9 Å². The summed E-state index contributed by atoms with van der Waals surface area (Å²) in [6.07, 6.45) is 1.81. The molecule has 0 bridgehead atoms. The summed E-state index contributed by atoms with van der Waals surface area (Å²) in [6, 6.07) is 0. The topological polar surface area (TPSA) is 46.6 Å². The Balaban J connectivity index is 4.38.